The summed E-state index contributed by atoms with van der Waals surface area (Å²) in [5, 5.41) is 0. The minimum absolute atomic E-state index is 0.121. The topological polar surface area (TPSA) is 116 Å². The lowest BCUT2D eigenvalue weighted by Crippen LogP contribution is -2.39. The predicted molar refractivity (Wildman–Crippen MR) is 90.9 cm³/mol. The van der Waals surface area contributed by atoms with Crippen LogP contribution in [0.25, 0.3) is 0 Å². The molecule has 3 N–H and O–H groups in total. The maximum absolute atomic E-state index is 13.6. The van der Waals surface area contributed by atoms with Gasteiger partial charge in [0.05, 0.1) is 0 Å². The number of ether oxygens (including phenoxy) is 1. The quantitative estimate of drug-likeness (QED) is 0.703. The highest BCUT2D eigenvalue weighted by atomic mass is 32.2. The van der Waals surface area contributed by atoms with Crippen LogP contribution >= 0.6 is 0 Å². The number of nitrogens with two attached hydrogens (primary N) is 1. The van der Waals surface area contributed by atoms with E-state index in [1.807, 2.05) is 0 Å². The van der Waals surface area contributed by atoms with Crippen LogP contribution in [0.3, 0.4) is 0 Å². The number of carbonyl (C=O) groups is 2. The first-order chi connectivity index (χ1) is 12.2. The van der Waals surface area contributed by atoms with Crippen molar-refractivity contribution in [2.45, 2.75) is 24.5 Å². The Balaban J connectivity index is 1.97. The number of esters is 1. The summed E-state index contributed by atoms with van der Waals surface area (Å²) in [5.74, 6) is -2.33. The molecule has 0 radical (unpaired) electrons. The Labute approximate surface area is 150 Å². The number of carbonyl (C=O) groups excluding carboxylic acids is 2. The van der Waals surface area contributed by atoms with Crippen LogP contribution in [0.2, 0.25) is 0 Å². The van der Waals surface area contributed by atoms with E-state index in [0.717, 1.165) is 12.1 Å². The molecule has 0 saturated carbocycles. The molecule has 1 atom stereocenters. The molecule has 7 nitrogen and oxygen atoms in total. The van der Waals surface area contributed by atoms with E-state index in [0.29, 0.717) is 11.1 Å². The Kier molecular flexibility index (Phi) is 6.06. The molecule has 2 aromatic rings. The number of hydrogen-bond donors (Lipinski definition) is 2. The van der Waals surface area contributed by atoms with E-state index in [4.69, 9.17) is 10.5 Å². The van der Waals surface area contributed by atoms with E-state index < -0.39 is 38.7 Å². The van der Waals surface area contributed by atoms with Crippen LogP contribution in [0.5, 0.6) is 0 Å². The van der Waals surface area contributed by atoms with Crippen LogP contribution in [0, 0.1) is 5.82 Å². The number of halogens is 1. The normalized spacial score (nSPS) is 12.4. The molecule has 0 aliphatic heterocycles. The van der Waals surface area contributed by atoms with E-state index in [1.165, 1.54) is 31.2 Å². The molecule has 0 unspecified atom stereocenters. The van der Waals surface area contributed by atoms with Crippen LogP contribution in [-0.4, -0.2) is 26.3 Å². The third-order valence-electron chi connectivity index (χ3n) is 3.43. The van der Waals surface area contributed by atoms with E-state index in [2.05, 4.69) is 4.72 Å². The van der Waals surface area contributed by atoms with E-state index >= 15 is 0 Å². The third-order valence-corrected chi connectivity index (χ3v) is 5.01. The Morgan fingerprint density at radius 1 is 1.15 bits per heavy atom. The predicted octanol–water partition coefficient (Wildman–Crippen LogP) is 1.33. The van der Waals surface area contributed by atoms with Crippen molar-refractivity contribution >= 4 is 21.9 Å². The summed E-state index contributed by atoms with van der Waals surface area (Å²) in [7, 11) is -4.21. The van der Waals surface area contributed by atoms with Gasteiger partial charge in [-0.25, -0.2) is 12.8 Å². The Bertz CT molecular complexity index is 913. The fraction of sp³-hybridized carbons (Fsp3) is 0.176. The molecule has 138 valence electrons. The van der Waals surface area contributed by atoms with Gasteiger partial charge in [0, 0.05) is 5.56 Å². The molecule has 0 aliphatic rings. The maximum Gasteiger partial charge on any atom is 0.324 e. The van der Waals surface area contributed by atoms with Crippen LogP contribution < -0.4 is 10.5 Å². The summed E-state index contributed by atoms with van der Waals surface area (Å²) in [6, 6.07) is 9.69. The van der Waals surface area contributed by atoms with Crippen molar-refractivity contribution in [1.29, 1.82) is 0 Å². The SMILES string of the molecule is C[C@@H](NS(=O)(=O)c1ccccc1F)C(=O)OCc1ccc(C(N)=O)cc1. The zero-order valence-corrected chi connectivity index (χ0v) is 14.6. The number of amides is 1. The summed E-state index contributed by atoms with van der Waals surface area (Å²) in [5.41, 5.74) is 6.03. The molecule has 2 aromatic carbocycles. The van der Waals surface area contributed by atoms with Gasteiger partial charge in [-0.3, -0.25) is 9.59 Å². The van der Waals surface area contributed by atoms with Gasteiger partial charge in [0.15, 0.2) is 0 Å². The lowest BCUT2D eigenvalue weighted by atomic mass is 10.1. The van der Waals surface area contributed by atoms with Gasteiger partial charge < -0.3 is 10.5 Å². The molecule has 1 amide bonds. The van der Waals surface area contributed by atoms with Crippen molar-refractivity contribution in [3.05, 3.63) is 65.5 Å². The molecular formula is C17H17FN2O5S. The van der Waals surface area contributed by atoms with Crippen molar-refractivity contribution in [1.82, 2.24) is 4.72 Å². The number of benzene rings is 2. The standard InChI is InChI=1S/C17H17FN2O5S/c1-11(20-26(23,24)15-5-3-2-4-14(15)18)17(22)25-10-12-6-8-13(9-7-12)16(19)21/h2-9,11,20H,10H2,1H3,(H2,19,21)/t11-/m1/s1. The summed E-state index contributed by atoms with van der Waals surface area (Å²) in [6.45, 7) is 1.17. The molecule has 9 heteroatoms. The summed E-state index contributed by atoms with van der Waals surface area (Å²) >= 11 is 0. The molecule has 0 spiro atoms. The molecule has 0 saturated heterocycles. The van der Waals surface area contributed by atoms with Gasteiger partial charge in [-0.1, -0.05) is 24.3 Å². The molecule has 0 aliphatic carbocycles. The van der Waals surface area contributed by atoms with Crippen LogP contribution in [-0.2, 0) is 26.2 Å². The van der Waals surface area contributed by atoms with Gasteiger partial charge in [0.1, 0.15) is 23.4 Å². The van der Waals surface area contributed by atoms with Gasteiger partial charge in [-0.2, -0.15) is 4.72 Å². The minimum atomic E-state index is -4.21. The summed E-state index contributed by atoms with van der Waals surface area (Å²) in [4.78, 5) is 22.4. The molecule has 0 fully saturated rings. The average molecular weight is 380 g/mol. The van der Waals surface area contributed by atoms with E-state index in [1.54, 1.807) is 12.1 Å². The molecule has 0 bridgehead atoms. The first kappa shape index (κ1) is 19.5. The molecule has 2 rings (SSSR count). The second-order valence-electron chi connectivity index (χ2n) is 5.44. The molecule has 0 aromatic heterocycles. The van der Waals surface area contributed by atoms with Crippen molar-refractivity contribution in [2.24, 2.45) is 5.73 Å². The zero-order chi connectivity index (χ0) is 19.3. The van der Waals surface area contributed by atoms with Crippen LogP contribution in [0.4, 0.5) is 4.39 Å². The number of nitrogens with one attached hydrogen (secondary N) is 1. The highest BCUT2D eigenvalue weighted by Gasteiger charge is 2.25. The van der Waals surface area contributed by atoms with Gasteiger partial charge in [-0.05, 0) is 36.8 Å². The van der Waals surface area contributed by atoms with Gasteiger partial charge in [-0.15, -0.1) is 0 Å². The molecular weight excluding hydrogens is 363 g/mol. The zero-order valence-electron chi connectivity index (χ0n) is 13.8. The summed E-state index contributed by atoms with van der Waals surface area (Å²) in [6.07, 6.45) is 0. The van der Waals surface area contributed by atoms with Gasteiger partial charge in [0.2, 0.25) is 15.9 Å². The summed E-state index contributed by atoms with van der Waals surface area (Å²) < 4.78 is 45.0. The average Bonchev–Trinajstić information content (AvgIpc) is 2.59. The van der Waals surface area contributed by atoms with Crippen molar-refractivity contribution in [3.8, 4) is 0 Å². The maximum atomic E-state index is 13.6. The smallest absolute Gasteiger partial charge is 0.324 e. The lowest BCUT2D eigenvalue weighted by molar-refractivity contribution is -0.146. The lowest BCUT2D eigenvalue weighted by Gasteiger charge is -2.14. The Morgan fingerprint density at radius 3 is 2.35 bits per heavy atom. The first-order valence-electron chi connectivity index (χ1n) is 7.53. The highest BCUT2D eigenvalue weighted by molar-refractivity contribution is 7.89. The Morgan fingerprint density at radius 2 is 1.77 bits per heavy atom. The minimum Gasteiger partial charge on any atom is -0.460 e. The third kappa shape index (κ3) is 4.87. The van der Waals surface area contributed by atoms with E-state index in [9.17, 15) is 22.4 Å². The van der Waals surface area contributed by atoms with Gasteiger partial charge in [0.25, 0.3) is 0 Å². The van der Waals surface area contributed by atoms with Crippen molar-refractivity contribution in [3.63, 3.8) is 0 Å². The molecule has 0 heterocycles. The van der Waals surface area contributed by atoms with Crippen molar-refractivity contribution in [2.75, 3.05) is 0 Å². The fourth-order valence-electron chi connectivity index (χ4n) is 2.05. The second kappa shape index (κ2) is 8.07. The monoisotopic (exact) mass is 380 g/mol. The second-order valence-corrected chi connectivity index (χ2v) is 7.12. The van der Waals surface area contributed by atoms with Crippen LogP contribution in [0.15, 0.2) is 53.4 Å². The fourth-order valence-corrected chi connectivity index (χ4v) is 3.32. The highest BCUT2D eigenvalue weighted by Crippen LogP contribution is 2.14. The Hall–Kier alpha value is -2.78. The number of primary amides is 1. The molecule has 26 heavy (non-hydrogen) atoms. The van der Waals surface area contributed by atoms with Crippen LogP contribution in [0.1, 0.15) is 22.8 Å². The first-order valence-corrected chi connectivity index (χ1v) is 9.01. The largest absolute Gasteiger partial charge is 0.460 e. The number of rotatable bonds is 7. The number of hydrogen-bond acceptors (Lipinski definition) is 5. The van der Waals surface area contributed by atoms with Crippen molar-refractivity contribution < 1.29 is 27.1 Å². The van der Waals surface area contributed by atoms with Gasteiger partial charge >= 0.3 is 5.97 Å². The van der Waals surface area contributed by atoms with E-state index in [-0.39, 0.29) is 6.61 Å². The number of sulfonamides is 1.